The van der Waals surface area contributed by atoms with Crippen molar-refractivity contribution in [1.29, 1.82) is 5.26 Å². The number of rotatable bonds is 3. The largest absolute Gasteiger partial charge is 0.388 e. The fraction of sp³-hybridized carbons (Fsp3) is 0.571. The van der Waals surface area contributed by atoms with E-state index < -0.39 is 5.60 Å². The summed E-state index contributed by atoms with van der Waals surface area (Å²) >= 11 is 0. The monoisotopic (exact) mass is 245 g/mol. The van der Waals surface area contributed by atoms with Crippen LogP contribution in [0.5, 0.6) is 0 Å². The zero-order valence-corrected chi connectivity index (χ0v) is 10.7. The van der Waals surface area contributed by atoms with Gasteiger partial charge in [0, 0.05) is 12.2 Å². The first-order chi connectivity index (χ1) is 8.61. The number of nitriles is 1. The first-order valence-corrected chi connectivity index (χ1v) is 6.46. The van der Waals surface area contributed by atoms with E-state index in [2.05, 4.69) is 16.4 Å². The number of nitrogens with one attached hydrogen (secondary N) is 1. The van der Waals surface area contributed by atoms with Crippen molar-refractivity contribution in [3.05, 3.63) is 23.4 Å². The molecule has 0 radical (unpaired) electrons. The average Bonchev–Trinajstić information content (AvgIpc) is 2.37. The number of pyridine rings is 1. The van der Waals surface area contributed by atoms with Crippen LogP contribution in [0.3, 0.4) is 0 Å². The lowest BCUT2D eigenvalue weighted by molar-refractivity contribution is 0.0166. The van der Waals surface area contributed by atoms with Gasteiger partial charge in [-0.3, -0.25) is 0 Å². The fourth-order valence-corrected chi connectivity index (χ4v) is 2.47. The molecule has 0 aromatic carbocycles. The van der Waals surface area contributed by atoms with Gasteiger partial charge in [-0.15, -0.1) is 0 Å². The topological polar surface area (TPSA) is 68.9 Å². The molecule has 4 nitrogen and oxygen atoms in total. The van der Waals surface area contributed by atoms with E-state index in [9.17, 15) is 5.11 Å². The van der Waals surface area contributed by atoms with E-state index in [4.69, 9.17) is 5.26 Å². The highest BCUT2D eigenvalue weighted by atomic mass is 16.3. The molecule has 1 aliphatic carbocycles. The number of nitrogens with zero attached hydrogens (tertiary/aromatic N) is 2. The number of anilines is 1. The van der Waals surface area contributed by atoms with Crippen LogP contribution in [-0.4, -0.2) is 22.2 Å². The SMILES string of the molecule is Cc1cc(C#N)cc(NCC2(O)CCCCC2)n1. The molecule has 1 aliphatic rings. The van der Waals surface area contributed by atoms with Gasteiger partial charge in [0.1, 0.15) is 5.82 Å². The summed E-state index contributed by atoms with van der Waals surface area (Å²) in [5.41, 5.74) is 0.795. The van der Waals surface area contributed by atoms with Crippen molar-refractivity contribution < 1.29 is 5.11 Å². The molecule has 0 unspecified atom stereocenters. The van der Waals surface area contributed by atoms with Gasteiger partial charge in [-0.2, -0.15) is 5.26 Å². The molecular weight excluding hydrogens is 226 g/mol. The number of hydrogen-bond donors (Lipinski definition) is 2. The third-order valence-corrected chi connectivity index (χ3v) is 3.47. The second kappa shape index (κ2) is 5.36. The second-order valence-electron chi connectivity index (χ2n) is 5.13. The highest BCUT2D eigenvalue weighted by molar-refractivity contribution is 5.44. The molecule has 2 N–H and O–H groups in total. The Morgan fingerprint density at radius 1 is 1.39 bits per heavy atom. The lowest BCUT2D eigenvalue weighted by atomic mass is 9.85. The Morgan fingerprint density at radius 2 is 2.11 bits per heavy atom. The molecule has 1 aromatic heterocycles. The molecule has 0 spiro atoms. The number of aromatic nitrogens is 1. The molecule has 0 aliphatic heterocycles. The van der Waals surface area contributed by atoms with E-state index in [1.807, 2.05) is 6.92 Å². The summed E-state index contributed by atoms with van der Waals surface area (Å²) in [5.74, 6) is 0.672. The summed E-state index contributed by atoms with van der Waals surface area (Å²) in [4.78, 5) is 4.32. The van der Waals surface area contributed by atoms with Gasteiger partial charge in [-0.1, -0.05) is 19.3 Å². The highest BCUT2D eigenvalue weighted by Crippen LogP contribution is 2.28. The van der Waals surface area contributed by atoms with Crippen LogP contribution in [0.2, 0.25) is 0 Å². The van der Waals surface area contributed by atoms with Gasteiger partial charge in [0.25, 0.3) is 0 Å². The average molecular weight is 245 g/mol. The maximum Gasteiger partial charge on any atom is 0.127 e. The third kappa shape index (κ3) is 3.21. The standard InChI is InChI=1S/C14H19N3O/c1-11-7-12(9-15)8-13(17-11)16-10-14(18)5-3-2-4-6-14/h7-8,18H,2-6,10H2,1H3,(H,16,17). The molecule has 2 rings (SSSR count). The predicted molar refractivity (Wildman–Crippen MR) is 70.2 cm³/mol. The minimum Gasteiger partial charge on any atom is -0.388 e. The van der Waals surface area contributed by atoms with Crippen molar-refractivity contribution >= 4 is 5.82 Å². The Bertz CT molecular complexity index is 459. The van der Waals surface area contributed by atoms with Crippen LogP contribution in [0.1, 0.15) is 43.4 Å². The number of hydrogen-bond acceptors (Lipinski definition) is 4. The summed E-state index contributed by atoms with van der Waals surface area (Å²) in [6, 6.07) is 5.59. The predicted octanol–water partition coefficient (Wildman–Crippen LogP) is 2.37. The Morgan fingerprint density at radius 3 is 2.78 bits per heavy atom. The Hall–Kier alpha value is -1.60. The van der Waals surface area contributed by atoms with Gasteiger partial charge in [0.05, 0.1) is 17.2 Å². The minimum atomic E-state index is -0.615. The highest BCUT2D eigenvalue weighted by Gasteiger charge is 2.28. The van der Waals surface area contributed by atoms with Gasteiger partial charge in [-0.25, -0.2) is 4.98 Å². The molecule has 0 atom stereocenters. The minimum absolute atomic E-state index is 0.508. The van der Waals surface area contributed by atoms with Crippen molar-refractivity contribution in [1.82, 2.24) is 4.98 Å². The maximum absolute atomic E-state index is 10.4. The molecule has 0 bridgehead atoms. The summed E-state index contributed by atoms with van der Waals surface area (Å²) in [7, 11) is 0. The summed E-state index contributed by atoms with van der Waals surface area (Å²) in [5, 5.41) is 22.4. The maximum atomic E-state index is 10.4. The Balaban J connectivity index is 2.01. The number of aryl methyl sites for hydroxylation is 1. The van der Waals surface area contributed by atoms with Crippen molar-refractivity contribution in [3.8, 4) is 6.07 Å². The van der Waals surface area contributed by atoms with Crippen LogP contribution in [0.15, 0.2) is 12.1 Å². The first kappa shape index (κ1) is 12.8. The zero-order chi connectivity index (χ0) is 13.0. The molecule has 96 valence electrons. The van der Waals surface area contributed by atoms with E-state index in [0.29, 0.717) is 17.9 Å². The summed E-state index contributed by atoms with van der Waals surface area (Å²) in [6.07, 6.45) is 5.07. The van der Waals surface area contributed by atoms with Crippen molar-refractivity contribution in [3.63, 3.8) is 0 Å². The zero-order valence-electron chi connectivity index (χ0n) is 10.7. The molecular formula is C14H19N3O. The van der Waals surface area contributed by atoms with Crippen LogP contribution < -0.4 is 5.32 Å². The van der Waals surface area contributed by atoms with E-state index in [1.165, 1.54) is 6.42 Å². The first-order valence-electron chi connectivity index (χ1n) is 6.46. The molecule has 1 aromatic rings. The summed E-state index contributed by atoms with van der Waals surface area (Å²) in [6.45, 7) is 2.37. The van der Waals surface area contributed by atoms with Gasteiger partial charge >= 0.3 is 0 Å². The molecule has 1 saturated carbocycles. The molecule has 0 amide bonds. The van der Waals surface area contributed by atoms with Crippen LogP contribution in [0.4, 0.5) is 5.82 Å². The second-order valence-corrected chi connectivity index (χ2v) is 5.13. The Kier molecular flexibility index (Phi) is 3.83. The van der Waals surface area contributed by atoms with Crippen molar-refractivity contribution in [2.75, 3.05) is 11.9 Å². The molecule has 18 heavy (non-hydrogen) atoms. The number of aliphatic hydroxyl groups is 1. The van der Waals surface area contributed by atoms with E-state index >= 15 is 0 Å². The van der Waals surface area contributed by atoms with Gasteiger partial charge < -0.3 is 10.4 Å². The van der Waals surface area contributed by atoms with Gasteiger partial charge in [0.2, 0.25) is 0 Å². The lowest BCUT2D eigenvalue weighted by Crippen LogP contribution is -2.38. The Labute approximate surface area is 108 Å². The van der Waals surface area contributed by atoms with E-state index in [1.54, 1.807) is 12.1 Å². The molecule has 0 saturated heterocycles. The van der Waals surface area contributed by atoms with E-state index in [0.717, 1.165) is 31.4 Å². The van der Waals surface area contributed by atoms with E-state index in [-0.39, 0.29) is 0 Å². The van der Waals surface area contributed by atoms with Crippen molar-refractivity contribution in [2.45, 2.75) is 44.6 Å². The van der Waals surface area contributed by atoms with Crippen LogP contribution in [0.25, 0.3) is 0 Å². The molecule has 4 heteroatoms. The fourth-order valence-electron chi connectivity index (χ4n) is 2.47. The third-order valence-electron chi connectivity index (χ3n) is 3.47. The van der Waals surface area contributed by atoms with Crippen LogP contribution in [0, 0.1) is 18.3 Å². The van der Waals surface area contributed by atoms with Crippen molar-refractivity contribution in [2.24, 2.45) is 0 Å². The normalized spacial score (nSPS) is 18.1. The van der Waals surface area contributed by atoms with Crippen LogP contribution >= 0.6 is 0 Å². The smallest absolute Gasteiger partial charge is 0.127 e. The van der Waals surface area contributed by atoms with Gasteiger partial charge in [-0.05, 0) is 31.9 Å². The van der Waals surface area contributed by atoms with Crippen LogP contribution in [-0.2, 0) is 0 Å². The van der Waals surface area contributed by atoms with Gasteiger partial charge in [0.15, 0.2) is 0 Å². The lowest BCUT2D eigenvalue weighted by Gasteiger charge is -2.32. The molecule has 1 fully saturated rings. The quantitative estimate of drug-likeness (QED) is 0.857. The summed E-state index contributed by atoms with van der Waals surface area (Å²) < 4.78 is 0. The molecule has 1 heterocycles.